The van der Waals surface area contributed by atoms with Gasteiger partial charge in [0.25, 0.3) is 0 Å². The van der Waals surface area contributed by atoms with Gasteiger partial charge < -0.3 is 9.13 Å². The number of aromatic nitrogens is 2. The number of hydrogen-bond acceptors (Lipinski definition) is 2. The molecule has 1 unspecified atom stereocenters. The molecule has 4 aromatic heterocycles. The summed E-state index contributed by atoms with van der Waals surface area (Å²) < 4.78 is 9.57. The van der Waals surface area contributed by atoms with Crippen LogP contribution in [-0.2, 0) is 6.42 Å². The lowest BCUT2D eigenvalue weighted by atomic mass is 9.95. The lowest BCUT2D eigenvalue weighted by Gasteiger charge is -2.22. The van der Waals surface area contributed by atoms with E-state index in [4.69, 9.17) is 6.42 Å². The molecule has 0 bridgehead atoms. The van der Waals surface area contributed by atoms with Crippen LogP contribution in [0.25, 0.3) is 92.1 Å². The van der Waals surface area contributed by atoms with Crippen LogP contribution < -0.4 is 0 Å². The summed E-state index contributed by atoms with van der Waals surface area (Å²) in [5.41, 5.74) is 12.6. The molecule has 0 radical (unpaired) electrons. The number of fused-ring (bicyclic) bond motifs is 12. The molecule has 0 saturated heterocycles. The van der Waals surface area contributed by atoms with Crippen LogP contribution >= 0.6 is 45.3 Å². The van der Waals surface area contributed by atoms with Crippen molar-refractivity contribution < 1.29 is 0 Å². The van der Waals surface area contributed by atoms with Crippen LogP contribution in [0.3, 0.4) is 0 Å². The molecule has 2 nitrogen and oxygen atoms in total. The van der Waals surface area contributed by atoms with Crippen LogP contribution in [0.15, 0.2) is 121 Å². The van der Waals surface area contributed by atoms with E-state index in [1.165, 1.54) is 107 Å². The second-order valence-corrected chi connectivity index (χ2v) is 18.0. The summed E-state index contributed by atoms with van der Waals surface area (Å²) in [5, 5.41) is 7.84. The van der Waals surface area contributed by atoms with E-state index in [0.717, 1.165) is 19.3 Å². The second kappa shape index (κ2) is 12.5. The monoisotopic (exact) mass is 840 g/mol. The van der Waals surface area contributed by atoms with Crippen LogP contribution in [0.5, 0.6) is 0 Å². The zero-order valence-corrected chi connectivity index (χ0v) is 33.4. The number of nitrogens with zero attached hydrogens (tertiary/aromatic N) is 2. The Morgan fingerprint density at radius 2 is 1.52 bits per heavy atom. The van der Waals surface area contributed by atoms with Crippen molar-refractivity contribution >= 4 is 132 Å². The first-order valence-electron chi connectivity index (χ1n) is 18.5. The highest BCUT2D eigenvalue weighted by Gasteiger charge is 2.26. The Labute approximate surface area is 335 Å². The summed E-state index contributed by atoms with van der Waals surface area (Å²) in [5.74, 6) is 2.75. The van der Waals surface area contributed by atoms with Crippen LogP contribution in [0.2, 0.25) is 0 Å². The summed E-state index contributed by atoms with van der Waals surface area (Å²) in [7, 11) is 0. The Morgan fingerprint density at radius 3 is 2.43 bits per heavy atom. The molecular weight excluding hydrogens is 808 g/mol. The van der Waals surface area contributed by atoms with Crippen molar-refractivity contribution in [1.29, 1.82) is 0 Å². The van der Waals surface area contributed by atoms with Gasteiger partial charge in [-0.2, -0.15) is 0 Å². The van der Waals surface area contributed by atoms with Crippen molar-refractivity contribution in [1.82, 2.24) is 9.13 Å². The minimum absolute atomic E-state index is 0.513. The molecule has 5 aromatic carbocycles. The van der Waals surface area contributed by atoms with E-state index in [1.54, 1.807) is 0 Å². The number of para-hydroxylation sites is 1. The zero-order chi connectivity index (χ0) is 36.1. The third-order valence-electron chi connectivity index (χ3n) is 11.4. The summed E-state index contributed by atoms with van der Waals surface area (Å²) in [4.78, 5) is 1.39. The normalized spacial score (nSPS) is 16.0. The van der Waals surface area contributed by atoms with Crippen molar-refractivity contribution in [2.24, 2.45) is 0 Å². The molecule has 0 aliphatic heterocycles. The number of alkyl halides is 1. The van der Waals surface area contributed by atoms with Crippen LogP contribution in [0.1, 0.15) is 40.1 Å². The van der Waals surface area contributed by atoms with Gasteiger partial charge in [0.15, 0.2) is 0 Å². The Balaban J connectivity index is 1.14. The van der Waals surface area contributed by atoms with Gasteiger partial charge in [-0.3, -0.25) is 0 Å². The van der Waals surface area contributed by atoms with E-state index in [2.05, 4.69) is 172 Å². The number of halogens is 1. The topological polar surface area (TPSA) is 9.86 Å². The summed E-state index contributed by atoms with van der Waals surface area (Å²) in [6, 6.07) is 36.2. The minimum atomic E-state index is 0.513. The van der Waals surface area contributed by atoms with Gasteiger partial charge in [-0.25, -0.2) is 0 Å². The highest BCUT2D eigenvalue weighted by molar-refractivity contribution is 14.1. The SMILES string of the molecule is C#C/C=C\c1c(C)n(C2=CCCC=C2c2cccc(-n3c4ccccc4c4ccc5c6ccccc6sc5c43)c2)c2c1ccc1c3c(sc12)C=CC(I)C3. The van der Waals surface area contributed by atoms with Gasteiger partial charge in [0.1, 0.15) is 0 Å². The second-order valence-electron chi connectivity index (χ2n) is 14.3. The first kappa shape index (κ1) is 32.3. The lowest BCUT2D eigenvalue weighted by molar-refractivity contribution is 1.00. The average Bonchev–Trinajstić information content (AvgIpc) is 3.94. The molecule has 0 amide bonds. The molecule has 2 aliphatic carbocycles. The van der Waals surface area contributed by atoms with E-state index in [1.807, 2.05) is 28.7 Å². The fraction of sp³-hybridized carbons (Fsp3) is 0.102. The largest absolute Gasteiger partial charge is 0.312 e. The minimum Gasteiger partial charge on any atom is -0.312 e. The van der Waals surface area contributed by atoms with Crippen molar-refractivity contribution in [3.8, 4) is 18.0 Å². The maximum absolute atomic E-state index is 5.79. The third kappa shape index (κ3) is 4.70. The molecule has 2 aliphatic rings. The molecule has 1 atom stereocenters. The third-order valence-corrected chi connectivity index (χ3v) is 14.6. The highest BCUT2D eigenvalue weighted by Crippen LogP contribution is 2.47. The van der Waals surface area contributed by atoms with Crippen molar-refractivity contribution in [2.45, 2.75) is 30.1 Å². The van der Waals surface area contributed by atoms with Gasteiger partial charge in [-0.15, -0.1) is 29.1 Å². The van der Waals surface area contributed by atoms with E-state index in [-0.39, 0.29) is 0 Å². The molecule has 4 heterocycles. The quantitative estimate of drug-likeness (QED) is 0.0949. The Morgan fingerprint density at radius 1 is 0.759 bits per heavy atom. The van der Waals surface area contributed by atoms with Gasteiger partial charge in [0.05, 0.1) is 25.9 Å². The van der Waals surface area contributed by atoms with Crippen molar-refractivity contribution in [3.05, 3.63) is 149 Å². The molecular formula is C49H33IN2S2. The number of rotatable bonds is 4. The standard InChI is InChI=1S/C49H33IN2S2/c1-3-4-14-33-29(2)51(46-37(33)22-25-40-41-28-31(50)21-26-45(41)54-49(40)46)42-18-8-5-15-34(42)30-12-11-13-32(27-30)52-43-19-9-6-16-35(43)38-23-24-39-36-17-7-10-20-44(36)53-48(39)47(38)52/h1,4,6-7,9-27,31H,5,8,28H2,2H3/b14-4-. The zero-order valence-electron chi connectivity index (χ0n) is 29.6. The number of allylic oxidation sites excluding steroid dienone is 6. The maximum atomic E-state index is 5.79. The molecule has 0 saturated carbocycles. The number of thiophene rings is 2. The molecule has 0 spiro atoms. The number of hydrogen-bond donors (Lipinski definition) is 0. The van der Waals surface area contributed by atoms with E-state index in [0.29, 0.717) is 3.92 Å². The average molecular weight is 841 g/mol. The summed E-state index contributed by atoms with van der Waals surface area (Å²) in [6.45, 7) is 2.26. The van der Waals surface area contributed by atoms with Crippen molar-refractivity contribution in [2.75, 3.05) is 0 Å². The Bertz CT molecular complexity index is 3240. The van der Waals surface area contributed by atoms with Gasteiger partial charge in [0, 0.05) is 68.6 Å². The van der Waals surface area contributed by atoms with Gasteiger partial charge in [0.2, 0.25) is 0 Å². The predicted molar refractivity (Wildman–Crippen MR) is 246 cm³/mol. The van der Waals surface area contributed by atoms with Crippen LogP contribution in [0, 0.1) is 19.3 Å². The molecule has 9 aromatic rings. The Kier molecular flexibility index (Phi) is 7.46. The molecule has 258 valence electrons. The van der Waals surface area contributed by atoms with Gasteiger partial charge in [-0.05, 0) is 85.2 Å². The predicted octanol–water partition coefficient (Wildman–Crippen LogP) is 14.4. The van der Waals surface area contributed by atoms with E-state index >= 15 is 0 Å². The molecule has 5 heteroatoms. The van der Waals surface area contributed by atoms with Crippen LogP contribution in [0.4, 0.5) is 0 Å². The Hall–Kier alpha value is -5.13. The van der Waals surface area contributed by atoms with Crippen molar-refractivity contribution in [3.63, 3.8) is 0 Å². The molecule has 0 N–H and O–H groups in total. The van der Waals surface area contributed by atoms with E-state index in [9.17, 15) is 0 Å². The lowest BCUT2D eigenvalue weighted by Crippen LogP contribution is -2.06. The molecule has 11 rings (SSSR count). The van der Waals surface area contributed by atoms with Crippen LogP contribution in [-0.4, -0.2) is 13.1 Å². The first-order valence-corrected chi connectivity index (χ1v) is 21.4. The molecule has 0 fully saturated rings. The smallest absolute Gasteiger partial charge is 0.0719 e. The maximum Gasteiger partial charge on any atom is 0.0719 e. The van der Waals surface area contributed by atoms with Gasteiger partial charge >= 0.3 is 0 Å². The number of benzene rings is 5. The van der Waals surface area contributed by atoms with E-state index < -0.39 is 0 Å². The fourth-order valence-electron chi connectivity index (χ4n) is 9.03. The van der Waals surface area contributed by atoms with Gasteiger partial charge in [-0.1, -0.05) is 120 Å². The first-order chi connectivity index (χ1) is 26.6. The summed E-state index contributed by atoms with van der Waals surface area (Å²) in [6.07, 6.45) is 22.4. The highest BCUT2D eigenvalue weighted by atomic mass is 127. The molecule has 54 heavy (non-hydrogen) atoms. The number of terminal acetylenes is 1. The summed E-state index contributed by atoms with van der Waals surface area (Å²) >= 11 is 6.40. The fourth-order valence-corrected chi connectivity index (χ4v) is 12.2.